The number of rotatable bonds is 6. The maximum absolute atomic E-state index is 6.66. The third kappa shape index (κ3) is 5.25. The first-order valence-electron chi connectivity index (χ1n) is 21.8. The molecule has 1 aromatic heterocycles. The van der Waals surface area contributed by atoms with E-state index in [0.717, 1.165) is 49.8 Å². The lowest BCUT2D eigenvalue weighted by molar-refractivity contribution is 0.672. The molecule has 63 heavy (non-hydrogen) atoms. The fourth-order valence-corrected chi connectivity index (χ4v) is 10.8. The summed E-state index contributed by atoms with van der Waals surface area (Å²) in [4.78, 5) is 2.48. The molecule has 0 fully saturated rings. The summed E-state index contributed by atoms with van der Waals surface area (Å²) in [6.45, 7) is 0. The summed E-state index contributed by atoms with van der Waals surface area (Å²) >= 11 is 0. The number of hydrogen-bond acceptors (Lipinski definition) is 2. The van der Waals surface area contributed by atoms with Crippen LogP contribution in [-0.4, -0.2) is 0 Å². The first-order chi connectivity index (χ1) is 31.3. The van der Waals surface area contributed by atoms with E-state index in [9.17, 15) is 0 Å². The van der Waals surface area contributed by atoms with E-state index in [2.05, 4.69) is 235 Å². The van der Waals surface area contributed by atoms with E-state index in [0.29, 0.717) is 0 Å². The minimum absolute atomic E-state index is 0.527. The zero-order valence-corrected chi connectivity index (χ0v) is 34.4. The molecular weight excluding hydrogens is 763 g/mol. The van der Waals surface area contributed by atoms with E-state index in [1.54, 1.807) is 0 Å². The Kier molecular flexibility index (Phi) is 7.85. The third-order valence-electron chi connectivity index (χ3n) is 13.5. The Hall–Kier alpha value is -8.20. The summed E-state index contributed by atoms with van der Waals surface area (Å²) in [6, 6.07) is 86.7. The third-order valence-corrected chi connectivity index (χ3v) is 13.5. The van der Waals surface area contributed by atoms with Crippen LogP contribution in [-0.2, 0) is 5.41 Å². The zero-order valence-electron chi connectivity index (χ0n) is 34.4. The second-order valence-corrected chi connectivity index (χ2v) is 16.7. The average molecular weight is 802 g/mol. The van der Waals surface area contributed by atoms with Crippen molar-refractivity contribution in [3.63, 3.8) is 0 Å². The van der Waals surface area contributed by atoms with E-state index in [1.807, 2.05) is 6.07 Å². The van der Waals surface area contributed by atoms with Crippen molar-refractivity contribution in [1.82, 2.24) is 0 Å². The van der Waals surface area contributed by atoms with Crippen molar-refractivity contribution in [3.8, 4) is 22.3 Å². The van der Waals surface area contributed by atoms with Gasteiger partial charge in [-0.15, -0.1) is 0 Å². The van der Waals surface area contributed by atoms with Crippen molar-refractivity contribution in [2.45, 2.75) is 5.41 Å². The number of nitrogens with zero attached hydrogens (tertiary/aromatic N) is 1. The Balaban J connectivity index is 1.06. The first kappa shape index (κ1) is 35.5. The lowest BCUT2D eigenvalue weighted by Gasteiger charge is -2.34. The quantitative estimate of drug-likeness (QED) is 0.156. The zero-order chi connectivity index (χ0) is 41.5. The minimum atomic E-state index is -0.527. The van der Waals surface area contributed by atoms with Crippen LogP contribution in [0.4, 0.5) is 17.1 Å². The largest absolute Gasteiger partial charge is 0.455 e. The molecule has 0 amide bonds. The molecule has 0 saturated carbocycles. The second-order valence-electron chi connectivity index (χ2n) is 16.7. The molecule has 0 aliphatic heterocycles. The Morgan fingerprint density at radius 3 is 1.75 bits per heavy atom. The number of para-hydroxylation sites is 1. The van der Waals surface area contributed by atoms with Gasteiger partial charge >= 0.3 is 0 Å². The molecule has 13 rings (SSSR count). The molecule has 0 bridgehead atoms. The number of furan rings is 1. The van der Waals surface area contributed by atoms with E-state index < -0.39 is 5.41 Å². The molecule has 0 saturated heterocycles. The summed E-state index contributed by atoms with van der Waals surface area (Å²) in [7, 11) is 0. The highest BCUT2D eigenvalue weighted by Gasteiger charge is 2.47. The molecule has 0 unspecified atom stereocenters. The standard InChI is InChI=1S/C61H39NO/c1-3-16-44(17-4-1)61(45-18-5-2-6-19-45)54-24-11-9-22-53(54)59-55(61)25-14-27-57(59)62(56-26-13-23-51-49(56)37-38-52-50-21-10-12-28-58(50)63-60(51)52)46-34-31-40(32-35-46)42-33-36-48-43(39-42)30-29-41-15-7-8-20-47(41)48/h1-39H. The van der Waals surface area contributed by atoms with E-state index in [-0.39, 0.29) is 0 Å². The summed E-state index contributed by atoms with van der Waals surface area (Å²) in [5.41, 5.74) is 14.4. The van der Waals surface area contributed by atoms with Gasteiger partial charge in [0.2, 0.25) is 0 Å². The fourth-order valence-electron chi connectivity index (χ4n) is 10.8. The summed E-state index contributed by atoms with van der Waals surface area (Å²) in [5.74, 6) is 0. The molecule has 2 heteroatoms. The van der Waals surface area contributed by atoms with Crippen LogP contribution in [0.25, 0.3) is 76.5 Å². The SMILES string of the molecule is c1ccc(C2(c3ccccc3)c3ccccc3-c3c(N(c4ccc(-c5ccc6c(ccc7ccccc76)c5)cc4)c4cccc5c4ccc4c6ccccc6oc54)cccc32)cc1. The Morgan fingerprint density at radius 2 is 0.921 bits per heavy atom. The van der Waals surface area contributed by atoms with Gasteiger partial charge in [0.1, 0.15) is 11.2 Å². The minimum Gasteiger partial charge on any atom is -0.455 e. The van der Waals surface area contributed by atoms with Crippen LogP contribution in [0.1, 0.15) is 22.3 Å². The molecule has 1 aliphatic carbocycles. The molecule has 12 aromatic rings. The van der Waals surface area contributed by atoms with E-state index >= 15 is 0 Å². The van der Waals surface area contributed by atoms with Crippen LogP contribution in [0.15, 0.2) is 241 Å². The van der Waals surface area contributed by atoms with Gasteiger partial charge < -0.3 is 9.32 Å². The van der Waals surface area contributed by atoms with Crippen molar-refractivity contribution in [2.24, 2.45) is 0 Å². The lowest BCUT2D eigenvalue weighted by Crippen LogP contribution is -2.28. The molecule has 0 spiro atoms. The van der Waals surface area contributed by atoms with Crippen molar-refractivity contribution >= 4 is 71.3 Å². The fraction of sp³-hybridized carbons (Fsp3) is 0.0164. The topological polar surface area (TPSA) is 16.4 Å². The van der Waals surface area contributed by atoms with Crippen molar-refractivity contribution in [1.29, 1.82) is 0 Å². The van der Waals surface area contributed by atoms with Gasteiger partial charge in [-0.2, -0.15) is 0 Å². The Morgan fingerprint density at radius 1 is 0.349 bits per heavy atom. The summed E-state index contributed by atoms with van der Waals surface area (Å²) in [6.07, 6.45) is 0. The smallest absolute Gasteiger partial charge is 0.143 e. The van der Waals surface area contributed by atoms with Crippen LogP contribution >= 0.6 is 0 Å². The van der Waals surface area contributed by atoms with Gasteiger partial charge in [0.05, 0.1) is 16.8 Å². The van der Waals surface area contributed by atoms with Crippen molar-refractivity contribution in [2.75, 3.05) is 4.90 Å². The van der Waals surface area contributed by atoms with E-state index in [4.69, 9.17) is 4.42 Å². The molecule has 11 aromatic carbocycles. The lowest BCUT2D eigenvalue weighted by atomic mass is 9.68. The van der Waals surface area contributed by atoms with Crippen molar-refractivity contribution < 1.29 is 4.42 Å². The number of hydrogen-bond donors (Lipinski definition) is 0. The Bertz CT molecular complexity index is 3690. The number of fused-ring (bicyclic) bond motifs is 11. The maximum Gasteiger partial charge on any atom is 0.143 e. The number of anilines is 3. The molecule has 0 atom stereocenters. The molecule has 294 valence electrons. The van der Waals surface area contributed by atoms with Crippen LogP contribution in [0.2, 0.25) is 0 Å². The predicted octanol–water partition coefficient (Wildman–Crippen LogP) is 16.5. The predicted molar refractivity (Wildman–Crippen MR) is 264 cm³/mol. The van der Waals surface area contributed by atoms with Crippen LogP contribution in [0.3, 0.4) is 0 Å². The van der Waals surface area contributed by atoms with Gasteiger partial charge in [-0.3, -0.25) is 0 Å². The highest BCUT2D eigenvalue weighted by molar-refractivity contribution is 6.18. The highest BCUT2D eigenvalue weighted by atomic mass is 16.3. The highest BCUT2D eigenvalue weighted by Crippen LogP contribution is 2.60. The summed E-state index contributed by atoms with van der Waals surface area (Å²) < 4.78 is 6.66. The summed E-state index contributed by atoms with van der Waals surface area (Å²) in [5, 5.41) is 9.51. The van der Waals surface area contributed by atoms with Gasteiger partial charge in [0.15, 0.2) is 0 Å². The monoisotopic (exact) mass is 801 g/mol. The van der Waals surface area contributed by atoms with Crippen LogP contribution < -0.4 is 4.90 Å². The van der Waals surface area contributed by atoms with Crippen LogP contribution in [0.5, 0.6) is 0 Å². The molecule has 2 nitrogen and oxygen atoms in total. The molecule has 0 radical (unpaired) electrons. The van der Waals surface area contributed by atoms with Gasteiger partial charge in [-0.1, -0.05) is 194 Å². The molecule has 0 N–H and O–H groups in total. The number of benzene rings is 11. The maximum atomic E-state index is 6.66. The first-order valence-corrected chi connectivity index (χ1v) is 21.8. The molecule has 1 heterocycles. The van der Waals surface area contributed by atoms with Gasteiger partial charge in [-0.05, 0) is 103 Å². The van der Waals surface area contributed by atoms with Gasteiger partial charge in [-0.25, -0.2) is 0 Å². The van der Waals surface area contributed by atoms with Gasteiger partial charge in [0.25, 0.3) is 0 Å². The molecular formula is C61H39NO. The van der Waals surface area contributed by atoms with Crippen molar-refractivity contribution in [3.05, 3.63) is 259 Å². The Labute approximate surface area is 365 Å². The normalized spacial score (nSPS) is 12.9. The van der Waals surface area contributed by atoms with Crippen LogP contribution in [0, 0.1) is 0 Å². The van der Waals surface area contributed by atoms with Gasteiger partial charge in [0, 0.05) is 32.8 Å². The second kappa shape index (κ2) is 13.9. The average Bonchev–Trinajstić information content (AvgIpc) is 3.90. The molecule has 1 aliphatic rings. The van der Waals surface area contributed by atoms with E-state index in [1.165, 1.54) is 66.1 Å².